The van der Waals surface area contributed by atoms with Crippen LogP contribution < -0.4 is 5.32 Å². The Morgan fingerprint density at radius 1 is 1.00 bits per heavy atom. The molecular formula is C22H32N4O4S. The standard InChI is InChI=1S/C22H32N4O4S/c1-17-6-2-8-19(14-17)23-22(28)25-11-3-7-18(15-25)21(27)24-10-4-9-20(16-24)26-12-5-13-31(26,29)30/h2,6,8,14,18,20H,3-5,7,9-13,15-16H2,1H3,(H,23,28). The SMILES string of the molecule is Cc1cccc(NC(=O)N2CCCC(C(=O)N3CCCC(N4CCCS4(=O)=O)C3)C2)c1. The molecule has 3 heterocycles. The van der Waals surface area contributed by atoms with E-state index < -0.39 is 10.0 Å². The molecule has 0 spiro atoms. The molecule has 2 atom stereocenters. The van der Waals surface area contributed by atoms with Crippen LogP contribution in [0.25, 0.3) is 0 Å². The molecule has 1 N–H and O–H groups in total. The molecule has 1 aromatic carbocycles. The van der Waals surface area contributed by atoms with Crippen LogP contribution in [0.3, 0.4) is 0 Å². The summed E-state index contributed by atoms with van der Waals surface area (Å²) < 4.78 is 26.2. The van der Waals surface area contributed by atoms with Gasteiger partial charge in [-0.05, 0) is 56.7 Å². The molecule has 3 fully saturated rings. The minimum atomic E-state index is -3.18. The third kappa shape index (κ3) is 5.03. The molecule has 9 heteroatoms. The van der Waals surface area contributed by atoms with E-state index >= 15 is 0 Å². The maximum absolute atomic E-state index is 13.2. The average Bonchev–Trinajstić information content (AvgIpc) is 3.12. The highest BCUT2D eigenvalue weighted by atomic mass is 32.2. The molecule has 3 aliphatic rings. The minimum Gasteiger partial charge on any atom is -0.341 e. The van der Waals surface area contributed by atoms with Gasteiger partial charge in [-0.3, -0.25) is 4.79 Å². The van der Waals surface area contributed by atoms with Crippen LogP contribution in [-0.4, -0.2) is 79.0 Å². The molecule has 170 valence electrons. The molecule has 0 bridgehead atoms. The number of carbonyl (C=O) groups excluding carboxylic acids is 2. The predicted molar refractivity (Wildman–Crippen MR) is 119 cm³/mol. The first-order valence-corrected chi connectivity index (χ1v) is 12.9. The lowest BCUT2D eigenvalue weighted by atomic mass is 9.95. The Hall–Kier alpha value is -2.13. The number of likely N-dealkylation sites (tertiary alicyclic amines) is 2. The number of nitrogens with zero attached hydrogens (tertiary/aromatic N) is 3. The fourth-order valence-corrected chi connectivity index (χ4v) is 6.77. The largest absolute Gasteiger partial charge is 0.341 e. The molecule has 3 amide bonds. The Morgan fingerprint density at radius 3 is 2.52 bits per heavy atom. The van der Waals surface area contributed by atoms with Crippen LogP contribution in [0.15, 0.2) is 24.3 Å². The Morgan fingerprint density at radius 2 is 1.77 bits per heavy atom. The number of sulfonamides is 1. The van der Waals surface area contributed by atoms with Gasteiger partial charge in [-0.2, -0.15) is 4.31 Å². The van der Waals surface area contributed by atoms with E-state index in [0.29, 0.717) is 39.1 Å². The van der Waals surface area contributed by atoms with E-state index in [1.807, 2.05) is 36.1 Å². The highest BCUT2D eigenvalue weighted by Crippen LogP contribution is 2.26. The number of hydrogen-bond donors (Lipinski definition) is 1. The number of aryl methyl sites for hydroxylation is 1. The van der Waals surface area contributed by atoms with Crippen LogP contribution in [0.2, 0.25) is 0 Å². The average molecular weight is 449 g/mol. The zero-order chi connectivity index (χ0) is 22.0. The normalized spacial score (nSPS) is 26.6. The number of urea groups is 1. The summed E-state index contributed by atoms with van der Waals surface area (Å²) in [7, 11) is -3.18. The van der Waals surface area contributed by atoms with Crippen LogP contribution in [0.5, 0.6) is 0 Å². The van der Waals surface area contributed by atoms with Crippen molar-refractivity contribution in [3.05, 3.63) is 29.8 Å². The summed E-state index contributed by atoms with van der Waals surface area (Å²) in [5.74, 6) is 0.0331. The van der Waals surface area contributed by atoms with Crippen molar-refractivity contribution in [3.8, 4) is 0 Å². The first kappa shape index (κ1) is 22.1. The third-order valence-electron chi connectivity index (χ3n) is 6.58. The number of benzene rings is 1. The van der Waals surface area contributed by atoms with Crippen molar-refractivity contribution in [1.82, 2.24) is 14.1 Å². The van der Waals surface area contributed by atoms with Gasteiger partial charge in [0.05, 0.1) is 11.7 Å². The van der Waals surface area contributed by atoms with Gasteiger partial charge in [0.2, 0.25) is 15.9 Å². The van der Waals surface area contributed by atoms with Gasteiger partial charge in [0.15, 0.2) is 0 Å². The highest BCUT2D eigenvalue weighted by molar-refractivity contribution is 7.89. The second-order valence-electron chi connectivity index (χ2n) is 8.95. The lowest BCUT2D eigenvalue weighted by Crippen LogP contribution is -2.53. The van der Waals surface area contributed by atoms with Crippen molar-refractivity contribution in [3.63, 3.8) is 0 Å². The Labute approximate surface area is 184 Å². The van der Waals surface area contributed by atoms with E-state index in [-0.39, 0.29) is 29.7 Å². The lowest BCUT2D eigenvalue weighted by Gasteiger charge is -2.40. The van der Waals surface area contributed by atoms with Crippen molar-refractivity contribution >= 4 is 27.6 Å². The van der Waals surface area contributed by atoms with Gasteiger partial charge < -0.3 is 15.1 Å². The minimum absolute atomic E-state index is 0.0503. The van der Waals surface area contributed by atoms with E-state index in [9.17, 15) is 18.0 Å². The van der Waals surface area contributed by atoms with Crippen molar-refractivity contribution in [2.24, 2.45) is 5.92 Å². The number of amides is 3. The Balaban J connectivity index is 1.36. The molecule has 0 saturated carbocycles. The van der Waals surface area contributed by atoms with E-state index in [4.69, 9.17) is 0 Å². The van der Waals surface area contributed by atoms with Crippen molar-refractivity contribution in [2.45, 2.75) is 45.1 Å². The topological polar surface area (TPSA) is 90.0 Å². The molecule has 3 aliphatic heterocycles. The van der Waals surface area contributed by atoms with Crippen LogP contribution in [-0.2, 0) is 14.8 Å². The number of piperidine rings is 2. The van der Waals surface area contributed by atoms with Gasteiger partial charge in [0.25, 0.3) is 0 Å². The fourth-order valence-electron chi connectivity index (χ4n) is 5.01. The van der Waals surface area contributed by atoms with E-state index in [1.54, 1.807) is 9.21 Å². The molecule has 1 aromatic rings. The molecular weight excluding hydrogens is 416 g/mol. The van der Waals surface area contributed by atoms with E-state index in [0.717, 1.165) is 36.9 Å². The zero-order valence-electron chi connectivity index (χ0n) is 18.1. The quantitative estimate of drug-likeness (QED) is 0.768. The van der Waals surface area contributed by atoms with Gasteiger partial charge in [0.1, 0.15) is 0 Å². The number of carbonyl (C=O) groups is 2. The van der Waals surface area contributed by atoms with Gasteiger partial charge in [-0.15, -0.1) is 0 Å². The summed E-state index contributed by atoms with van der Waals surface area (Å²) >= 11 is 0. The molecule has 0 aromatic heterocycles. The highest BCUT2D eigenvalue weighted by Gasteiger charge is 2.39. The predicted octanol–water partition coefficient (Wildman–Crippen LogP) is 2.27. The van der Waals surface area contributed by atoms with Crippen LogP contribution in [0.1, 0.15) is 37.7 Å². The number of rotatable bonds is 3. The van der Waals surface area contributed by atoms with Gasteiger partial charge in [0, 0.05) is 44.5 Å². The summed E-state index contributed by atoms with van der Waals surface area (Å²) in [5.41, 5.74) is 1.83. The number of hydrogen-bond acceptors (Lipinski definition) is 4. The maximum Gasteiger partial charge on any atom is 0.321 e. The van der Waals surface area contributed by atoms with Crippen LogP contribution >= 0.6 is 0 Å². The first-order valence-electron chi connectivity index (χ1n) is 11.2. The van der Waals surface area contributed by atoms with Gasteiger partial charge >= 0.3 is 6.03 Å². The first-order chi connectivity index (χ1) is 14.8. The second kappa shape index (κ2) is 9.16. The molecule has 0 radical (unpaired) electrons. The Bertz CT molecular complexity index is 935. The third-order valence-corrected chi connectivity index (χ3v) is 8.58. The smallest absolute Gasteiger partial charge is 0.321 e. The molecule has 4 rings (SSSR count). The molecule has 2 unspecified atom stereocenters. The monoisotopic (exact) mass is 448 g/mol. The summed E-state index contributed by atoms with van der Waals surface area (Å²) in [5, 5.41) is 2.93. The van der Waals surface area contributed by atoms with Crippen molar-refractivity contribution in [2.75, 3.05) is 43.8 Å². The Kier molecular flexibility index (Phi) is 6.52. The summed E-state index contributed by atoms with van der Waals surface area (Å²) in [6.07, 6.45) is 3.83. The molecule has 3 saturated heterocycles. The molecule has 31 heavy (non-hydrogen) atoms. The van der Waals surface area contributed by atoms with Crippen molar-refractivity contribution < 1.29 is 18.0 Å². The summed E-state index contributed by atoms with van der Waals surface area (Å²) in [4.78, 5) is 29.5. The molecule has 8 nitrogen and oxygen atoms in total. The van der Waals surface area contributed by atoms with E-state index in [1.165, 1.54) is 0 Å². The molecule has 0 aliphatic carbocycles. The van der Waals surface area contributed by atoms with Crippen LogP contribution in [0.4, 0.5) is 10.5 Å². The number of nitrogens with one attached hydrogen (secondary N) is 1. The second-order valence-corrected chi connectivity index (χ2v) is 11.0. The van der Waals surface area contributed by atoms with Crippen LogP contribution in [0, 0.1) is 12.8 Å². The van der Waals surface area contributed by atoms with Crippen molar-refractivity contribution in [1.29, 1.82) is 0 Å². The van der Waals surface area contributed by atoms with Gasteiger partial charge in [-0.1, -0.05) is 12.1 Å². The summed E-state index contributed by atoms with van der Waals surface area (Å²) in [6.45, 7) is 4.70. The maximum atomic E-state index is 13.2. The lowest BCUT2D eigenvalue weighted by molar-refractivity contribution is -0.138. The van der Waals surface area contributed by atoms with Gasteiger partial charge in [-0.25, -0.2) is 13.2 Å². The fraction of sp³-hybridized carbons (Fsp3) is 0.636. The number of anilines is 1. The summed E-state index contributed by atoms with van der Waals surface area (Å²) in [6, 6.07) is 7.37. The zero-order valence-corrected chi connectivity index (χ0v) is 18.9. The van der Waals surface area contributed by atoms with E-state index in [2.05, 4.69) is 5.32 Å².